The molecule has 1 aliphatic heterocycles. The van der Waals surface area contributed by atoms with Crippen LogP contribution in [-0.2, 0) is 42.9 Å². The first-order chi connectivity index (χ1) is 33.6. The fourth-order valence-corrected chi connectivity index (χ4v) is 7.62. The Morgan fingerprint density at radius 2 is 0.942 bits per heavy atom. The van der Waals surface area contributed by atoms with Gasteiger partial charge in [-0.1, -0.05) is 190 Å². The second kappa shape index (κ2) is 45.3. The number of carboxylic acid groups (broad SMARTS) is 1. The van der Waals surface area contributed by atoms with Gasteiger partial charge in [-0.3, -0.25) is 14.4 Å². The summed E-state index contributed by atoms with van der Waals surface area (Å²) in [6.45, 7) is 5.74. The van der Waals surface area contributed by atoms with Gasteiger partial charge in [-0.05, 0) is 77.0 Å². The fourth-order valence-electron chi connectivity index (χ4n) is 7.62. The van der Waals surface area contributed by atoms with Gasteiger partial charge in [-0.15, -0.1) is 0 Å². The van der Waals surface area contributed by atoms with E-state index in [1.165, 1.54) is 51.4 Å². The van der Waals surface area contributed by atoms with Gasteiger partial charge in [0.05, 0.1) is 6.61 Å². The van der Waals surface area contributed by atoms with Gasteiger partial charge in [0.25, 0.3) is 0 Å². The Labute approximate surface area is 417 Å². The number of aliphatic carboxylic acids is 1. The van der Waals surface area contributed by atoms with Gasteiger partial charge >= 0.3 is 23.9 Å². The van der Waals surface area contributed by atoms with Crippen LogP contribution in [0.5, 0.6) is 0 Å². The molecule has 12 heteroatoms. The highest BCUT2D eigenvalue weighted by Gasteiger charge is 2.50. The molecule has 0 spiro atoms. The summed E-state index contributed by atoms with van der Waals surface area (Å²) < 4.78 is 28.2. The number of esters is 3. The number of hydrogen-bond acceptors (Lipinski definition) is 11. The molecule has 394 valence electrons. The molecule has 1 rings (SSSR count). The Balaban J connectivity index is 2.76. The molecule has 0 radical (unpaired) electrons. The van der Waals surface area contributed by atoms with Crippen LogP contribution in [-0.4, -0.2) is 89.2 Å². The van der Waals surface area contributed by atoms with Crippen molar-refractivity contribution in [3.05, 3.63) is 72.9 Å². The number of unbranched alkanes of at least 4 members (excludes halogenated alkanes) is 18. The molecule has 3 N–H and O–H groups in total. The third kappa shape index (κ3) is 35.8. The van der Waals surface area contributed by atoms with Crippen LogP contribution in [0.1, 0.15) is 213 Å². The number of carbonyl (C=O) groups is 4. The number of carbonyl (C=O) groups excluding carboxylic acids is 3. The predicted octanol–water partition coefficient (Wildman–Crippen LogP) is 13.0. The summed E-state index contributed by atoms with van der Waals surface area (Å²) in [4.78, 5) is 50.8. The summed E-state index contributed by atoms with van der Waals surface area (Å²) in [5, 5.41) is 31.3. The molecule has 69 heavy (non-hydrogen) atoms. The lowest BCUT2D eigenvalue weighted by Crippen LogP contribution is -2.61. The summed E-state index contributed by atoms with van der Waals surface area (Å²) >= 11 is 0. The van der Waals surface area contributed by atoms with E-state index in [9.17, 15) is 34.5 Å². The molecule has 0 aromatic rings. The van der Waals surface area contributed by atoms with Crippen molar-refractivity contribution in [2.45, 2.75) is 250 Å². The van der Waals surface area contributed by atoms with Crippen LogP contribution in [0.25, 0.3) is 0 Å². The zero-order valence-electron chi connectivity index (χ0n) is 43.0. The minimum absolute atomic E-state index is 0.0543. The van der Waals surface area contributed by atoms with Crippen molar-refractivity contribution in [2.75, 3.05) is 13.2 Å². The van der Waals surface area contributed by atoms with Crippen molar-refractivity contribution in [1.29, 1.82) is 0 Å². The van der Waals surface area contributed by atoms with Gasteiger partial charge in [-0.2, -0.15) is 0 Å². The quantitative estimate of drug-likeness (QED) is 0.0228. The van der Waals surface area contributed by atoms with Gasteiger partial charge in [0, 0.05) is 19.3 Å². The molecule has 0 bridgehead atoms. The second-order valence-corrected chi connectivity index (χ2v) is 18.1. The van der Waals surface area contributed by atoms with Gasteiger partial charge in [0.1, 0.15) is 18.8 Å². The highest BCUT2D eigenvalue weighted by Crippen LogP contribution is 2.26. The molecule has 1 fully saturated rings. The van der Waals surface area contributed by atoms with Crippen LogP contribution in [0.3, 0.4) is 0 Å². The molecule has 0 amide bonds. The first-order valence-corrected chi connectivity index (χ1v) is 26.9. The van der Waals surface area contributed by atoms with Gasteiger partial charge in [0.15, 0.2) is 24.6 Å². The lowest BCUT2D eigenvalue weighted by Gasteiger charge is -2.40. The SMILES string of the molecule is CC/C=C\C/C=C\C/C=C\C/C=C\C/C=C\CCCC(=O)OCC(COC1OC(C(=O)O)C(O)C(O)C1OC(=O)CCCCCCCCCCCCC)OC(=O)CCCCCCC/C=C\CCCC. The number of aliphatic hydroxyl groups is 2. The number of aliphatic hydroxyl groups excluding tert-OH is 2. The van der Waals surface area contributed by atoms with Crippen LogP contribution in [0, 0.1) is 0 Å². The maximum atomic E-state index is 13.1. The predicted molar refractivity (Wildman–Crippen MR) is 275 cm³/mol. The largest absolute Gasteiger partial charge is 0.479 e. The van der Waals surface area contributed by atoms with E-state index in [1.807, 2.05) is 6.08 Å². The Bertz CT molecular complexity index is 1480. The number of ether oxygens (including phenoxy) is 5. The number of carboxylic acids is 1. The van der Waals surface area contributed by atoms with E-state index in [1.54, 1.807) is 0 Å². The van der Waals surface area contributed by atoms with Crippen molar-refractivity contribution in [1.82, 2.24) is 0 Å². The third-order valence-electron chi connectivity index (χ3n) is 11.8. The van der Waals surface area contributed by atoms with E-state index in [0.717, 1.165) is 96.3 Å². The highest BCUT2D eigenvalue weighted by atomic mass is 16.7. The van der Waals surface area contributed by atoms with Gasteiger partial charge in [-0.25, -0.2) is 4.79 Å². The van der Waals surface area contributed by atoms with Crippen LogP contribution in [0.15, 0.2) is 72.9 Å². The van der Waals surface area contributed by atoms with E-state index < -0.39 is 67.3 Å². The van der Waals surface area contributed by atoms with E-state index >= 15 is 0 Å². The lowest BCUT2D eigenvalue weighted by molar-refractivity contribution is -0.301. The van der Waals surface area contributed by atoms with E-state index in [2.05, 4.69) is 87.6 Å². The second-order valence-electron chi connectivity index (χ2n) is 18.1. The first kappa shape index (κ1) is 63.2. The van der Waals surface area contributed by atoms with Crippen LogP contribution in [0.4, 0.5) is 0 Å². The van der Waals surface area contributed by atoms with E-state index in [4.69, 9.17) is 23.7 Å². The Morgan fingerprint density at radius 3 is 1.49 bits per heavy atom. The molecule has 0 saturated carbocycles. The molecule has 1 aliphatic rings. The standard InChI is InChI=1S/C57H94O12/c1-4-7-10-13-16-19-22-23-24-25-26-27-30-31-34-37-40-43-49(58)65-46-48(67-50(59)44-41-38-35-32-28-20-17-14-11-8-5-2)47-66-57-55(53(62)52(61)54(69-57)56(63)64)68-51(60)45-42-39-36-33-29-21-18-15-12-9-6-3/h7,10,14,16-17,19,23-24,26-27,31,34,48,52-55,57,61-62H,4-6,8-9,11-13,15,18,20-22,25,28-30,32-33,35-47H2,1-3H3,(H,63,64)/b10-7-,17-14-,19-16-,24-23-,27-26-,34-31-. The van der Waals surface area contributed by atoms with Crippen molar-refractivity contribution < 1.29 is 58.2 Å². The minimum Gasteiger partial charge on any atom is -0.479 e. The third-order valence-corrected chi connectivity index (χ3v) is 11.8. The molecule has 12 nitrogen and oxygen atoms in total. The monoisotopic (exact) mass is 971 g/mol. The Morgan fingerprint density at radius 1 is 0.493 bits per heavy atom. The first-order valence-electron chi connectivity index (χ1n) is 26.9. The summed E-state index contributed by atoms with van der Waals surface area (Å²) in [6, 6.07) is 0. The molecule has 0 aliphatic carbocycles. The normalized spacial score (nSPS) is 19.2. The maximum Gasteiger partial charge on any atom is 0.335 e. The molecule has 0 aromatic heterocycles. The topological polar surface area (TPSA) is 175 Å². The fraction of sp³-hybridized carbons (Fsp3) is 0.719. The molecule has 6 atom stereocenters. The average Bonchev–Trinajstić information content (AvgIpc) is 3.33. The van der Waals surface area contributed by atoms with Crippen molar-refractivity contribution in [3.8, 4) is 0 Å². The zero-order chi connectivity index (χ0) is 50.4. The highest BCUT2D eigenvalue weighted by molar-refractivity contribution is 5.74. The number of allylic oxidation sites excluding steroid dienone is 12. The molecule has 1 heterocycles. The molecule has 0 aromatic carbocycles. The zero-order valence-corrected chi connectivity index (χ0v) is 43.0. The maximum absolute atomic E-state index is 13.1. The van der Waals surface area contributed by atoms with Crippen molar-refractivity contribution >= 4 is 23.9 Å². The van der Waals surface area contributed by atoms with Crippen LogP contribution >= 0.6 is 0 Å². The summed E-state index contributed by atoms with van der Waals surface area (Å²) in [5.74, 6) is -3.21. The van der Waals surface area contributed by atoms with E-state index in [0.29, 0.717) is 25.7 Å². The van der Waals surface area contributed by atoms with Crippen LogP contribution in [0.2, 0.25) is 0 Å². The number of rotatable bonds is 44. The number of hydrogen-bond donors (Lipinski definition) is 3. The summed E-state index contributed by atoms with van der Waals surface area (Å²) in [5.41, 5.74) is 0. The molecule has 1 saturated heterocycles. The summed E-state index contributed by atoms with van der Waals surface area (Å²) in [7, 11) is 0. The molecular formula is C57H94O12. The average molecular weight is 971 g/mol. The Kier molecular flexibility index (Phi) is 41.5. The Hall–Kier alpha value is -3.84. The smallest absolute Gasteiger partial charge is 0.335 e. The molecule has 6 unspecified atom stereocenters. The van der Waals surface area contributed by atoms with E-state index in [-0.39, 0.29) is 25.9 Å². The van der Waals surface area contributed by atoms with Gasteiger partial charge < -0.3 is 39.0 Å². The molecular weight excluding hydrogens is 877 g/mol. The van der Waals surface area contributed by atoms with Crippen molar-refractivity contribution in [3.63, 3.8) is 0 Å². The van der Waals surface area contributed by atoms with Crippen molar-refractivity contribution in [2.24, 2.45) is 0 Å². The lowest BCUT2D eigenvalue weighted by atomic mass is 9.98. The minimum atomic E-state index is -1.91. The summed E-state index contributed by atoms with van der Waals surface area (Å²) in [6.07, 6.45) is 43.3. The van der Waals surface area contributed by atoms with Gasteiger partial charge in [0.2, 0.25) is 0 Å². The van der Waals surface area contributed by atoms with Crippen LogP contribution < -0.4 is 0 Å².